The van der Waals surface area contributed by atoms with E-state index in [4.69, 9.17) is 5.26 Å². The van der Waals surface area contributed by atoms with Gasteiger partial charge in [-0.15, -0.1) is 10.2 Å². The molecule has 9 nitrogen and oxygen atoms in total. The molecule has 4 rings (SSSR count). The summed E-state index contributed by atoms with van der Waals surface area (Å²) in [4.78, 5) is 16.5. The molecule has 130 valence electrons. The van der Waals surface area contributed by atoms with Crippen LogP contribution in [0.2, 0.25) is 0 Å². The fraction of sp³-hybridized carbons (Fsp3) is 0.294. The number of carbonyl (C=O) groups excluding carboxylic acids is 1. The molecule has 0 aliphatic carbocycles. The molecular formula is C17H16N8O. The van der Waals surface area contributed by atoms with Crippen molar-refractivity contribution in [3.8, 4) is 6.07 Å². The third kappa shape index (κ3) is 3.04. The van der Waals surface area contributed by atoms with Crippen LogP contribution in [0.1, 0.15) is 39.8 Å². The molecule has 0 radical (unpaired) electrons. The number of fused-ring (bicyclic) bond motifs is 1. The van der Waals surface area contributed by atoms with Gasteiger partial charge >= 0.3 is 0 Å². The second-order valence-electron chi connectivity index (χ2n) is 6.24. The second-order valence-corrected chi connectivity index (χ2v) is 6.24. The highest BCUT2D eigenvalue weighted by Crippen LogP contribution is 2.28. The highest BCUT2D eigenvalue weighted by atomic mass is 16.2. The van der Waals surface area contributed by atoms with E-state index in [1.54, 1.807) is 13.1 Å². The number of nitrogens with one attached hydrogen (secondary N) is 1. The topological polar surface area (TPSA) is 114 Å². The molecule has 1 amide bonds. The monoisotopic (exact) mass is 348 g/mol. The Morgan fingerprint density at radius 3 is 3.08 bits per heavy atom. The molecule has 1 aromatic carbocycles. The van der Waals surface area contributed by atoms with E-state index in [1.807, 2.05) is 22.9 Å². The Morgan fingerprint density at radius 2 is 2.31 bits per heavy atom. The second kappa shape index (κ2) is 6.40. The first-order chi connectivity index (χ1) is 12.6. The van der Waals surface area contributed by atoms with Crippen LogP contribution >= 0.6 is 0 Å². The molecule has 0 bridgehead atoms. The molecule has 0 fully saturated rings. The van der Waals surface area contributed by atoms with Gasteiger partial charge in [-0.25, -0.2) is 4.68 Å². The van der Waals surface area contributed by atoms with Crippen molar-refractivity contribution < 1.29 is 4.79 Å². The first-order valence-electron chi connectivity index (χ1n) is 8.24. The van der Waals surface area contributed by atoms with Crippen molar-refractivity contribution in [3.63, 3.8) is 0 Å². The van der Waals surface area contributed by atoms with Gasteiger partial charge in [0.25, 0.3) is 5.91 Å². The zero-order valence-corrected chi connectivity index (χ0v) is 14.1. The van der Waals surface area contributed by atoms with Crippen LogP contribution in [0.5, 0.6) is 0 Å². The fourth-order valence-corrected chi connectivity index (χ4v) is 3.11. The average Bonchev–Trinajstić information content (AvgIpc) is 3.26. The summed E-state index contributed by atoms with van der Waals surface area (Å²) >= 11 is 0. The van der Waals surface area contributed by atoms with Crippen molar-refractivity contribution in [1.82, 2.24) is 29.8 Å². The zero-order valence-electron chi connectivity index (χ0n) is 14.1. The molecule has 1 aliphatic heterocycles. The van der Waals surface area contributed by atoms with Crippen LogP contribution in [0, 0.1) is 11.3 Å². The highest BCUT2D eigenvalue weighted by Gasteiger charge is 2.24. The van der Waals surface area contributed by atoms with Gasteiger partial charge in [-0.1, -0.05) is 17.3 Å². The predicted octanol–water partition coefficient (Wildman–Crippen LogP) is 1.26. The van der Waals surface area contributed by atoms with Crippen molar-refractivity contribution in [1.29, 1.82) is 5.26 Å². The molecule has 0 spiro atoms. The largest absolute Gasteiger partial charge is 0.288 e. The van der Waals surface area contributed by atoms with Gasteiger partial charge in [0.1, 0.15) is 5.82 Å². The molecule has 3 heterocycles. The number of aryl methyl sites for hydroxylation is 2. The Labute approximate surface area is 149 Å². The third-order valence-corrected chi connectivity index (χ3v) is 4.41. The number of nitrogens with zero attached hydrogens (tertiary/aromatic N) is 7. The summed E-state index contributed by atoms with van der Waals surface area (Å²) in [5, 5.41) is 23.6. The maximum Gasteiger partial charge on any atom is 0.280 e. The number of nitriles is 1. The van der Waals surface area contributed by atoms with Gasteiger partial charge < -0.3 is 0 Å². The van der Waals surface area contributed by atoms with Crippen LogP contribution in [-0.4, -0.2) is 35.7 Å². The van der Waals surface area contributed by atoms with E-state index in [2.05, 4.69) is 31.8 Å². The van der Waals surface area contributed by atoms with Gasteiger partial charge in [0.2, 0.25) is 5.95 Å². The molecule has 1 unspecified atom stereocenters. The van der Waals surface area contributed by atoms with Crippen LogP contribution < -0.4 is 5.32 Å². The summed E-state index contributed by atoms with van der Waals surface area (Å²) in [5.74, 6) is 0.981. The van der Waals surface area contributed by atoms with Crippen molar-refractivity contribution in [2.24, 2.45) is 7.05 Å². The van der Waals surface area contributed by atoms with Crippen molar-refractivity contribution >= 4 is 11.9 Å². The van der Waals surface area contributed by atoms with E-state index in [-0.39, 0.29) is 23.5 Å². The number of rotatable bonds is 3. The molecule has 1 aliphatic rings. The molecule has 9 heteroatoms. The third-order valence-electron chi connectivity index (χ3n) is 4.41. The number of hydrogen-bond donors (Lipinski definition) is 1. The van der Waals surface area contributed by atoms with Crippen LogP contribution in [0.25, 0.3) is 0 Å². The quantitative estimate of drug-likeness (QED) is 0.762. The number of amides is 1. The van der Waals surface area contributed by atoms with Gasteiger partial charge in [-0.3, -0.25) is 14.8 Å². The van der Waals surface area contributed by atoms with Crippen LogP contribution in [0.15, 0.2) is 30.5 Å². The molecular weight excluding hydrogens is 332 g/mol. The predicted molar refractivity (Wildman–Crippen MR) is 91.2 cm³/mol. The number of hydrogen-bond acceptors (Lipinski definition) is 6. The van der Waals surface area contributed by atoms with Gasteiger partial charge in [0.05, 0.1) is 17.8 Å². The summed E-state index contributed by atoms with van der Waals surface area (Å²) in [6.45, 7) is 0.665. The Hall–Kier alpha value is -3.54. The van der Waals surface area contributed by atoms with Gasteiger partial charge in [-0.05, 0) is 24.1 Å². The number of anilines is 1. The maximum atomic E-state index is 12.1. The summed E-state index contributed by atoms with van der Waals surface area (Å²) in [7, 11) is 1.69. The molecule has 2 aromatic heterocycles. The SMILES string of the molecule is Cn1cc(C(=O)Nc2nc3n(n2)CC(c2cccc(C#N)c2)CC3)nn1. The lowest BCUT2D eigenvalue weighted by Gasteiger charge is -2.22. The minimum Gasteiger partial charge on any atom is -0.288 e. The van der Waals surface area contributed by atoms with Crippen LogP contribution in [0.3, 0.4) is 0 Å². The van der Waals surface area contributed by atoms with E-state index in [0.29, 0.717) is 12.1 Å². The summed E-state index contributed by atoms with van der Waals surface area (Å²) in [6.07, 6.45) is 3.21. The molecule has 0 saturated heterocycles. The Balaban J connectivity index is 1.50. The van der Waals surface area contributed by atoms with E-state index in [1.165, 1.54) is 10.9 Å². The number of aromatic nitrogens is 6. The van der Waals surface area contributed by atoms with Crippen LogP contribution in [0.4, 0.5) is 5.95 Å². The van der Waals surface area contributed by atoms with E-state index < -0.39 is 0 Å². The minimum absolute atomic E-state index is 0.214. The van der Waals surface area contributed by atoms with E-state index in [0.717, 1.165) is 24.2 Å². The fourth-order valence-electron chi connectivity index (χ4n) is 3.11. The average molecular weight is 348 g/mol. The van der Waals surface area contributed by atoms with E-state index >= 15 is 0 Å². The normalized spacial score (nSPS) is 15.9. The Kier molecular flexibility index (Phi) is 3.93. The smallest absolute Gasteiger partial charge is 0.280 e. The zero-order chi connectivity index (χ0) is 18.1. The maximum absolute atomic E-state index is 12.1. The Morgan fingerprint density at radius 1 is 1.42 bits per heavy atom. The summed E-state index contributed by atoms with van der Waals surface area (Å²) < 4.78 is 3.28. The van der Waals surface area contributed by atoms with Gasteiger partial charge in [0.15, 0.2) is 5.69 Å². The van der Waals surface area contributed by atoms with E-state index in [9.17, 15) is 4.79 Å². The van der Waals surface area contributed by atoms with Crippen molar-refractivity contribution in [2.75, 3.05) is 5.32 Å². The molecule has 0 saturated carbocycles. The molecule has 1 N–H and O–H groups in total. The van der Waals surface area contributed by atoms with Crippen molar-refractivity contribution in [3.05, 3.63) is 53.1 Å². The molecule has 26 heavy (non-hydrogen) atoms. The van der Waals surface area contributed by atoms with Crippen LogP contribution in [-0.2, 0) is 20.0 Å². The minimum atomic E-state index is -0.390. The lowest BCUT2D eigenvalue weighted by Crippen LogP contribution is -2.20. The lowest BCUT2D eigenvalue weighted by atomic mass is 9.91. The Bertz CT molecular complexity index is 1010. The first-order valence-corrected chi connectivity index (χ1v) is 8.24. The van der Waals surface area contributed by atoms with Crippen molar-refractivity contribution in [2.45, 2.75) is 25.3 Å². The molecule has 1 atom stereocenters. The number of carbonyl (C=O) groups is 1. The summed E-state index contributed by atoms with van der Waals surface area (Å²) in [6, 6.07) is 9.82. The lowest BCUT2D eigenvalue weighted by molar-refractivity contribution is 0.102. The standard InChI is InChI=1S/C17H16N8O/c1-24-10-14(21-23-24)16(26)20-17-19-15-6-5-13(9-25(15)22-17)12-4-2-3-11(7-12)8-18/h2-4,7,10,13H,5-6,9H2,1H3,(H,20,22,26). The van der Waals surface area contributed by atoms with Gasteiger partial charge in [0, 0.05) is 25.9 Å². The van der Waals surface area contributed by atoms with Gasteiger partial charge in [-0.2, -0.15) is 10.2 Å². The molecule has 3 aromatic rings. The first kappa shape index (κ1) is 16.0. The number of benzene rings is 1. The summed E-state index contributed by atoms with van der Waals surface area (Å²) in [5.41, 5.74) is 1.99. The highest BCUT2D eigenvalue weighted by molar-refractivity contribution is 6.01.